The number of aliphatic hydroxyl groups excluding tert-OH is 1. The molecule has 7 nitrogen and oxygen atoms in total. The fourth-order valence-electron chi connectivity index (χ4n) is 1.83. The van der Waals surface area contributed by atoms with Crippen molar-refractivity contribution < 1.29 is 5.11 Å². The molecule has 0 spiro atoms. The van der Waals surface area contributed by atoms with Crippen LogP contribution in [0.2, 0.25) is 0 Å². The van der Waals surface area contributed by atoms with Crippen LogP contribution in [0.4, 0.5) is 5.95 Å². The van der Waals surface area contributed by atoms with Gasteiger partial charge in [-0.1, -0.05) is 0 Å². The van der Waals surface area contributed by atoms with E-state index in [-0.39, 0.29) is 5.95 Å². The van der Waals surface area contributed by atoms with E-state index in [2.05, 4.69) is 19.9 Å². The third-order valence-corrected chi connectivity index (χ3v) is 2.78. The van der Waals surface area contributed by atoms with Gasteiger partial charge < -0.3 is 10.8 Å². The molecule has 0 aliphatic heterocycles. The van der Waals surface area contributed by atoms with Crippen molar-refractivity contribution in [3.8, 4) is 11.4 Å². The summed E-state index contributed by atoms with van der Waals surface area (Å²) in [5, 5.41) is 9.58. The number of nitrogens with two attached hydrogens (primary N) is 1. The number of fused-ring (bicyclic) bond motifs is 1. The van der Waals surface area contributed by atoms with Gasteiger partial charge in [0.05, 0.1) is 35.6 Å². The van der Waals surface area contributed by atoms with Crippen molar-refractivity contribution in [2.75, 3.05) is 5.73 Å². The number of nitrogens with zero attached hydrogens (tertiary/aromatic N) is 5. The molecule has 96 valence electrons. The maximum absolute atomic E-state index is 9.58. The Hall–Kier alpha value is -2.54. The van der Waals surface area contributed by atoms with Gasteiger partial charge in [-0.15, -0.1) is 0 Å². The van der Waals surface area contributed by atoms with E-state index in [1.54, 1.807) is 37.8 Å². The van der Waals surface area contributed by atoms with Crippen molar-refractivity contribution in [2.24, 2.45) is 0 Å². The molecular formula is C12H12N6O. The number of imidazole rings is 1. The average Bonchev–Trinajstić information content (AvgIpc) is 2.81. The number of aromatic nitrogens is 5. The maximum Gasteiger partial charge on any atom is 0.220 e. The van der Waals surface area contributed by atoms with Gasteiger partial charge in [0.15, 0.2) is 5.65 Å². The Morgan fingerprint density at radius 2 is 2.11 bits per heavy atom. The van der Waals surface area contributed by atoms with E-state index in [4.69, 9.17) is 5.73 Å². The second-order valence-electron chi connectivity index (χ2n) is 4.16. The second kappa shape index (κ2) is 4.29. The van der Waals surface area contributed by atoms with Gasteiger partial charge in [-0.05, 0) is 13.0 Å². The van der Waals surface area contributed by atoms with Crippen molar-refractivity contribution in [2.45, 2.75) is 13.0 Å². The Balaban J connectivity index is 2.21. The molecular weight excluding hydrogens is 244 g/mol. The molecule has 1 atom stereocenters. The van der Waals surface area contributed by atoms with E-state index in [0.29, 0.717) is 17.0 Å². The van der Waals surface area contributed by atoms with Gasteiger partial charge in [0.2, 0.25) is 5.95 Å². The normalized spacial score (nSPS) is 12.7. The zero-order chi connectivity index (χ0) is 13.4. The molecule has 3 rings (SSSR count). The Morgan fingerprint density at radius 1 is 1.26 bits per heavy atom. The summed E-state index contributed by atoms with van der Waals surface area (Å²) >= 11 is 0. The molecule has 7 heteroatoms. The zero-order valence-electron chi connectivity index (χ0n) is 10.2. The van der Waals surface area contributed by atoms with Crippen LogP contribution >= 0.6 is 0 Å². The SMILES string of the molecule is CC(O)c1cn2c(-c3ccnc(N)n3)cnc2cn1. The van der Waals surface area contributed by atoms with Crippen molar-refractivity contribution in [1.82, 2.24) is 24.3 Å². The summed E-state index contributed by atoms with van der Waals surface area (Å²) < 4.78 is 1.82. The second-order valence-corrected chi connectivity index (χ2v) is 4.16. The van der Waals surface area contributed by atoms with E-state index in [1.165, 1.54) is 0 Å². The van der Waals surface area contributed by atoms with Crippen molar-refractivity contribution in [1.29, 1.82) is 0 Å². The molecule has 3 N–H and O–H groups in total. The summed E-state index contributed by atoms with van der Waals surface area (Å²) in [6, 6.07) is 1.75. The highest BCUT2D eigenvalue weighted by molar-refractivity contribution is 5.60. The highest BCUT2D eigenvalue weighted by atomic mass is 16.3. The van der Waals surface area contributed by atoms with Crippen LogP contribution in [0.15, 0.2) is 30.9 Å². The third kappa shape index (κ3) is 2.00. The van der Waals surface area contributed by atoms with Crippen LogP contribution in [-0.2, 0) is 0 Å². The molecule has 0 aliphatic carbocycles. The number of hydrogen-bond acceptors (Lipinski definition) is 6. The molecule has 1 unspecified atom stereocenters. The van der Waals surface area contributed by atoms with Crippen LogP contribution < -0.4 is 5.73 Å². The van der Waals surface area contributed by atoms with Gasteiger partial charge in [0.1, 0.15) is 0 Å². The number of aliphatic hydroxyl groups is 1. The number of rotatable bonds is 2. The Kier molecular flexibility index (Phi) is 2.60. The summed E-state index contributed by atoms with van der Waals surface area (Å²) in [5.74, 6) is 0.206. The monoisotopic (exact) mass is 256 g/mol. The van der Waals surface area contributed by atoms with E-state index >= 15 is 0 Å². The third-order valence-electron chi connectivity index (χ3n) is 2.78. The van der Waals surface area contributed by atoms with Crippen LogP contribution in [0.5, 0.6) is 0 Å². The predicted octanol–water partition coefficient (Wildman–Crippen LogP) is 0.822. The first-order chi connectivity index (χ1) is 9.15. The summed E-state index contributed by atoms with van der Waals surface area (Å²) in [6.07, 6.45) is 5.98. The molecule has 19 heavy (non-hydrogen) atoms. The molecule has 3 aromatic heterocycles. The standard InChI is InChI=1S/C12H12N6O/c1-7(19)9-6-18-10(4-16-11(18)5-15-9)8-2-3-14-12(13)17-8/h2-7,19H,1H3,(H2,13,14,17). The molecule has 0 saturated carbocycles. The number of hydrogen-bond donors (Lipinski definition) is 2. The molecule has 0 bridgehead atoms. The Bertz CT molecular complexity index is 736. The van der Waals surface area contributed by atoms with Gasteiger partial charge in [-0.3, -0.25) is 9.38 Å². The fraction of sp³-hybridized carbons (Fsp3) is 0.167. The molecule has 0 fully saturated rings. The summed E-state index contributed by atoms with van der Waals surface area (Å²) in [5.41, 5.74) is 8.26. The number of nitrogen functional groups attached to an aromatic ring is 1. The van der Waals surface area contributed by atoms with Gasteiger partial charge in [0.25, 0.3) is 0 Å². The lowest BCUT2D eigenvalue weighted by atomic mass is 10.3. The number of anilines is 1. The summed E-state index contributed by atoms with van der Waals surface area (Å²) in [4.78, 5) is 16.4. The van der Waals surface area contributed by atoms with Crippen LogP contribution in [0.1, 0.15) is 18.7 Å². The predicted molar refractivity (Wildman–Crippen MR) is 69.1 cm³/mol. The van der Waals surface area contributed by atoms with E-state index < -0.39 is 6.10 Å². The van der Waals surface area contributed by atoms with Crippen LogP contribution in [0.3, 0.4) is 0 Å². The Morgan fingerprint density at radius 3 is 2.84 bits per heavy atom. The topological polar surface area (TPSA) is 102 Å². The molecule has 0 radical (unpaired) electrons. The highest BCUT2D eigenvalue weighted by Crippen LogP contribution is 2.20. The van der Waals surface area contributed by atoms with Gasteiger partial charge in [-0.2, -0.15) is 0 Å². The molecule has 3 aromatic rings. The lowest BCUT2D eigenvalue weighted by Gasteiger charge is -2.06. The van der Waals surface area contributed by atoms with E-state index in [0.717, 1.165) is 5.69 Å². The van der Waals surface area contributed by atoms with Crippen LogP contribution in [0, 0.1) is 0 Å². The van der Waals surface area contributed by atoms with Crippen molar-refractivity contribution >= 4 is 11.6 Å². The Labute approximate surface area is 108 Å². The van der Waals surface area contributed by atoms with Gasteiger partial charge in [0, 0.05) is 12.4 Å². The minimum Gasteiger partial charge on any atom is -0.387 e. The molecule has 0 saturated heterocycles. The van der Waals surface area contributed by atoms with E-state index in [1.807, 2.05) is 4.40 Å². The van der Waals surface area contributed by atoms with E-state index in [9.17, 15) is 5.11 Å². The lowest BCUT2D eigenvalue weighted by molar-refractivity contribution is 0.194. The first kappa shape index (κ1) is 11.5. The molecule has 3 heterocycles. The summed E-state index contributed by atoms with van der Waals surface area (Å²) in [7, 11) is 0. The first-order valence-corrected chi connectivity index (χ1v) is 5.75. The smallest absolute Gasteiger partial charge is 0.220 e. The average molecular weight is 256 g/mol. The molecule has 0 aromatic carbocycles. The fourth-order valence-corrected chi connectivity index (χ4v) is 1.83. The maximum atomic E-state index is 9.58. The van der Waals surface area contributed by atoms with Gasteiger partial charge in [-0.25, -0.2) is 15.0 Å². The van der Waals surface area contributed by atoms with Crippen LogP contribution in [0.25, 0.3) is 17.0 Å². The molecule has 0 aliphatic rings. The highest BCUT2D eigenvalue weighted by Gasteiger charge is 2.10. The lowest BCUT2D eigenvalue weighted by Crippen LogP contribution is -2.01. The van der Waals surface area contributed by atoms with Crippen molar-refractivity contribution in [3.05, 3.63) is 36.5 Å². The largest absolute Gasteiger partial charge is 0.387 e. The zero-order valence-corrected chi connectivity index (χ0v) is 10.2. The van der Waals surface area contributed by atoms with Crippen molar-refractivity contribution in [3.63, 3.8) is 0 Å². The first-order valence-electron chi connectivity index (χ1n) is 5.75. The quantitative estimate of drug-likeness (QED) is 0.703. The minimum atomic E-state index is -0.643. The summed E-state index contributed by atoms with van der Waals surface area (Å²) in [6.45, 7) is 1.66. The minimum absolute atomic E-state index is 0.206. The van der Waals surface area contributed by atoms with Crippen LogP contribution in [-0.4, -0.2) is 29.4 Å². The van der Waals surface area contributed by atoms with Gasteiger partial charge >= 0.3 is 0 Å². The molecule has 0 amide bonds.